The molecule has 1 N–H and O–H groups in total. The largest absolute Gasteiger partial charge is 0.436 e. The van der Waals surface area contributed by atoms with E-state index < -0.39 is 0 Å². The Morgan fingerprint density at radius 1 is 0.952 bits per heavy atom. The summed E-state index contributed by atoms with van der Waals surface area (Å²) in [7, 11) is 0. The quantitative estimate of drug-likeness (QED) is 0.772. The van der Waals surface area contributed by atoms with Gasteiger partial charge in [-0.3, -0.25) is 0 Å². The average molecular weight is 276 g/mol. The molecule has 1 aliphatic heterocycles. The Labute approximate surface area is 123 Å². The summed E-state index contributed by atoms with van der Waals surface area (Å²) in [5, 5.41) is 3.40. The van der Waals surface area contributed by atoms with Gasteiger partial charge >= 0.3 is 0 Å². The zero-order valence-electron chi connectivity index (χ0n) is 11.7. The minimum atomic E-state index is 0.679. The molecule has 4 rings (SSSR count). The normalized spacial score (nSPS) is 15.1. The fourth-order valence-corrected chi connectivity index (χ4v) is 2.69. The summed E-state index contributed by atoms with van der Waals surface area (Å²) in [5.41, 5.74) is 5.37. The Morgan fingerprint density at radius 3 is 2.52 bits per heavy atom. The lowest BCUT2D eigenvalue weighted by molar-refractivity contribution is 0.620. The Morgan fingerprint density at radius 2 is 1.76 bits per heavy atom. The fourth-order valence-electron chi connectivity index (χ4n) is 2.69. The standard InChI is InChI=1S/C18H16N2O/c1-2-6-17-16(5-1)20-18(21-17)14-9-7-13(8-10-14)15-4-3-11-19-12-15/h1-2,4-10,19H,3,11-12H2. The van der Waals surface area contributed by atoms with Crippen LogP contribution in [-0.4, -0.2) is 18.1 Å². The van der Waals surface area contributed by atoms with Gasteiger partial charge in [0.05, 0.1) is 0 Å². The smallest absolute Gasteiger partial charge is 0.227 e. The van der Waals surface area contributed by atoms with E-state index in [1.807, 2.05) is 24.3 Å². The molecule has 0 saturated carbocycles. The number of rotatable bonds is 2. The lowest BCUT2D eigenvalue weighted by Crippen LogP contribution is -2.21. The van der Waals surface area contributed by atoms with E-state index in [1.54, 1.807) is 0 Å². The zero-order chi connectivity index (χ0) is 14.1. The van der Waals surface area contributed by atoms with Crippen LogP contribution in [0.1, 0.15) is 12.0 Å². The first-order valence-corrected chi connectivity index (χ1v) is 7.26. The van der Waals surface area contributed by atoms with E-state index in [-0.39, 0.29) is 0 Å². The number of para-hydroxylation sites is 2. The maximum Gasteiger partial charge on any atom is 0.227 e. The van der Waals surface area contributed by atoms with Crippen molar-refractivity contribution in [1.82, 2.24) is 10.3 Å². The first-order chi connectivity index (χ1) is 10.4. The summed E-state index contributed by atoms with van der Waals surface area (Å²) < 4.78 is 5.80. The molecule has 3 aromatic rings. The van der Waals surface area contributed by atoms with Crippen molar-refractivity contribution in [2.75, 3.05) is 13.1 Å². The number of aromatic nitrogens is 1. The van der Waals surface area contributed by atoms with Crippen LogP contribution in [0.15, 0.2) is 59.0 Å². The SMILES string of the molecule is C1=C(c2ccc(-c3nc4ccccc4o3)cc2)CNCC1. The van der Waals surface area contributed by atoms with Gasteiger partial charge in [0, 0.05) is 12.1 Å². The van der Waals surface area contributed by atoms with Crippen LogP contribution < -0.4 is 5.32 Å². The predicted molar refractivity (Wildman–Crippen MR) is 84.9 cm³/mol. The van der Waals surface area contributed by atoms with Gasteiger partial charge < -0.3 is 9.73 Å². The first-order valence-electron chi connectivity index (χ1n) is 7.26. The second-order valence-electron chi connectivity index (χ2n) is 5.26. The van der Waals surface area contributed by atoms with Gasteiger partial charge in [0.1, 0.15) is 5.52 Å². The van der Waals surface area contributed by atoms with E-state index in [0.717, 1.165) is 36.2 Å². The van der Waals surface area contributed by atoms with Gasteiger partial charge in [-0.2, -0.15) is 0 Å². The highest BCUT2D eigenvalue weighted by Gasteiger charge is 2.09. The Balaban J connectivity index is 1.68. The van der Waals surface area contributed by atoms with Gasteiger partial charge in [-0.05, 0) is 48.4 Å². The summed E-state index contributed by atoms with van der Waals surface area (Å²) in [6.45, 7) is 2.02. The molecule has 0 saturated heterocycles. The van der Waals surface area contributed by atoms with Crippen LogP contribution in [0.4, 0.5) is 0 Å². The molecule has 0 bridgehead atoms. The van der Waals surface area contributed by atoms with Crippen molar-refractivity contribution in [2.24, 2.45) is 0 Å². The lowest BCUT2D eigenvalue weighted by Gasteiger charge is -2.14. The van der Waals surface area contributed by atoms with Crippen LogP contribution >= 0.6 is 0 Å². The van der Waals surface area contributed by atoms with Crippen LogP contribution in [0.2, 0.25) is 0 Å². The summed E-state index contributed by atoms with van der Waals surface area (Å²) in [6.07, 6.45) is 3.41. The molecule has 3 nitrogen and oxygen atoms in total. The molecule has 1 aliphatic rings. The van der Waals surface area contributed by atoms with E-state index in [0.29, 0.717) is 5.89 Å². The molecule has 0 fully saturated rings. The van der Waals surface area contributed by atoms with Crippen molar-refractivity contribution < 1.29 is 4.42 Å². The third-order valence-electron chi connectivity index (χ3n) is 3.82. The zero-order valence-corrected chi connectivity index (χ0v) is 11.7. The van der Waals surface area contributed by atoms with Gasteiger partial charge in [0.15, 0.2) is 5.58 Å². The van der Waals surface area contributed by atoms with E-state index in [2.05, 4.69) is 40.6 Å². The maximum absolute atomic E-state index is 5.80. The van der Waals surface area contributed by atoms with Crippen LogP contribution in [0.25, 0.3) is 28.1 Å². The van der Waals surface area contributed by atoms with E-state index in [4.69, 9.17) is 4.42 Å². The lowest BCUT2D eigenvalue weighted by atomic mass is 10.0. The number of hydrogen-bond donors (Lipinski definition) is 1. The Bertz CT molecular complexity index is 766. The van der Waals surface area contributed by atoms with E-state index in [1.165, 1.54) is 11.1 Å². The van der Waals surface area contributed by atoms with E-state index in [9.17, 15) is 0 Å². The van der Waals surface area contributed by atoms with Crippen LogP contribution in [0.5, 0.6) is 0 Å². The van der Waals surface area contributed by atoms with Crippen molar-refractivity contribution in [2.45, 2.75) is 6.42 Å². The Kier molecular flexibility index (Phi) is 3.05. The summed E-state index contributed by atoms with van der Waals surface area (Å²) in [5.74, 6) is 0.679. The van der Waals surface area contributed by atoms with Crippen molar-refractivity contribution in [3.63, 3.8) is 0 Å². The first kappa shape index (κ1) is 12.4. The molecule has 2 heterocycles. The van der Waals surface area contributed by atoms with Gasteiger partial charge in [-0.25, -0.2) is 4.98 Å². The molecule has 1 aromatic heterocycles. The molecule has 0 aliphatic carbocycles. The summed E-state index contributed by atoms with van der Waals surface area (Å²) in [6, 6.07) is 16.3. The molecule has 0 amide bonds. The molecule has 104 valence electrons. The van der Waals surface area contributed by atoms with Crippen LogP contribution in [-0.2, 0) is 0 Å². The highest BCUT2D eigenvalue weighted by molar-refractivity contribution is 5.76. The highest BCUT2D eigenvalue weighted by atomic mass is 16.3. The number of hydrogen-bond acceptors (Lipinski definition) is 3. The van der Waals surface area contributed by atoms with Gasteiger partial charge in [-0.15, -0.1) is 0 Å². The van der Waals surface area contributed by atoms with E-state index >= 15 is 0 Å². The third kappa shape index (κ3) is 2.36. The maximum atomic E-state index is 5.80. The molecule has 0 spiro atoms. The second kappa shape index (κ2) is 5.19. The molecule has 3 heteroatoms. The fraction of sp³-hybridized carbons (Fsp3) is 0.167. The number of nitrogens with zero attached hydrogens (tertiary/aromatic N) is 1. The Hall–Kier alpha value is -2.39. The minimum Gasteiger partial charge on any atom is -0.436 e. The van der Waals surface area contributed by atoms with Crippen LogP contribution in [0, 0.1) is 0 Å². The topological polar surface area (TPSA) is 38.1 Å². The molecule has 21 heavy (non-hydrogen) atoms. The van der Waals surface area contributed by atoms with Gasteiger partial charge in [0.25, 0.3) is 0 Å². The number of nitrogens with one attached hydrogen (secondary N) is 1. The molecule has 2 aromatic carbocycles. The van der Waals surface area contributed by atoms with Gasteiger partial charge in [-0.1, -0.05) is 30.3 Å². The van der Waals surface area contributed by atoms with Crippen molar-refractivity contribution >= 4 is 16.7 Å². The molecule has 0 unspecified atom stereocenters. The second-order valence-corrected chi connectivity index (χ2v) is 5.26. The molecular formula is C18H16N2O. The number of fused-ring (bicyclic) bond motifs is 1. The summed E-state index contributed by atoms with van der Waals surface area (Å²) >= 11 is 0. The van der Waals surface area contributed by atoms with Crippen molar-refractivity contribution in [1.29, 1.82) is 0 Å². The number of oxazole rings is 1. The van der Waals surface area contributed by atoms with Crippen molar-refractivity contribution in [3.05, 3.63) is 60.2 Å². The monoisotopic (exact) mass is 276 g/mol. The number of benzene rings is 2. The van der Waals surface area contributed by atoms with Gasteiger partial charge in [0.2, 0.25) is 5.89 Å². The molecule has 0 radical (unpaired) electrons. The predicted octanol–water partition coefficient (Wildman–Crippen LogP) is 3.87. The highest BCUT2D eigenvalue weighted by Crippen LogP contribution is 2.26. The average Bonchev–Trinajstić information content (AvgIpc) is 3.00. The minimum absolute atomic E-state index is 0.679. The van der Waals surface area contributed by atoms with Crippen LogP contribution in [0.3, 0.4) is 0 Å². The molecular weight excluding hydrogens is 260 g/mol. The van der Waals surface area contributed by atoms with Crippen molar-refractivity contribution in [3.8, 4) is 11.5 Å². The summed E-state index contributed by atoms with van der Waals surface area (Å²) in [4.78, 5) is 4.53. The third-order valence-corrected chi connectivity index (χ3v) is 3.82. The molecule has 0 atom stereocenters.